The van der Waals surface area contributed by atoms with Gasteiger partial charge in [0.05, 0.1) is 29.9 Å². The van der Waals surface area contributed by atoms with E-state index in [0.717, 1.165) is 59.6 Å². The zero-order valence-electron chi connectivity index (χ0n) is 20.4. The van der Waals surface area contributed by atoms with Gasteiger partial charge in [0, 0.05) is 22.9 Å². The molecule has 1 fully saturated rings. The molecule has 6 heterocycles. The standard InChI is InChI=1S/C27H26N8O2/c1-3-20(16-8-11-36-15-16)23-26(28-2)33-27(32-23)25-24-22(34-35-25)5-4-21(31-24)17-12-19(14-30-13-17)37-18-6-9-29-10-7-18/h3-5,8,11-15,18,29H,2,6-7,9-10H2,1H3,(H,32,33)(H,34,35)/b20-3-. The number of aromatic amines is 2. The molecule has 0 atom stereocenters. The molecule has 5 aromatic heterocycles. The van der Waals surface area contributed by atoms with Gasteiger partial charge in [0.2, 0.25) is 0 Å². The second-order valence-electron chi connectivity index (χ2n) is 8.80. The second-order valence-corrected chi connectivity index (χ2v) is 8.80. The molecule has 0 spiro atoms. The van der Waals surface area contributed by atoms with Gasteiger partial charge in [-0.15, -0.1) is 0 Å². The van der Waals surface area contributed by atoms with E-state index >= 15 is 0 Å². The van der Waals surface area contributed by atoms with E-state index in [-0.39, 0.29) is 6.10 Å². The van der Waals surface area contributed by atoms with E-state index in [1.165, 1.54) is 0 Å². The molecule has 5 aromatic rings. The minimum Gasteiger partial charge on any atom is -0.489 e. The third-order valence-electron chi connectivity index (χ3n) is 6.45. The van der Waals surface area contributed by atoms with Gasteiger partial charge in [0.15, 0.2) is 17.3 Å². The monoisotopic (exact) mass is 494 g/mol. The molecule has 0 radical (unpaired) electrons. The molecule has 1 saturated heterocycles. The number of aromatic nitrogens is 6. The van der Waals surface area contributed by atoms with Crippen LogP contribution in [0.15, 0.2) is 64.7 Å². The molecule has 37 heavy (non-hydrogen) atoms. The van der Waals surface area contributed by atoms with Gasteiger partial charge in [-0.3, -0.25) is 10.1 Å². The topological polar surface area (TPSA) is 130 Å². The number of imidazole rings is 1. The van der Waals surface area contributed by atoms with Crippen molar-refractivity contribution in [3.63, 3.8) is 0 Å². The van der Waals surface area contributed by atoms with Crippen molar-refractivity contribution in [2.24, 2.45) is 4.99 Å². The van der Waals surface area contributed by atoms with Crippen molar-refractivity contribution >= 4 is 29.1 Å². The zero-order chi connectivity index (χ0) is 25.2. The molecule has 10 nitrogen and oxygen atoms in total. The van der Waals surface area contributed by atoms with Crippen molar-refractivity contribution in [2.75, 3.05) is 13.1 Å². The van der Waals surface area contributed by atoms with Crippen LogP contribution < -0.4 is 10.1 Å². The number of H-pyrrole nitrogens is 2. The summed E-state index contributed by atoms with van der Waals surface area (Å²) in [6, 6.07) is 7.76. The molecule has 1 aliphatic rings. The first-order valence-corrected chi connectivity index (χ1v) is 12.2. The van der Waals surface area contributed by atoms with Crippen LogP contribution in [0.5, 0.6) is 5.75 Å². The molecular formula is C27H26N8O2. The molecule has 0 amide bonds. The lowest BCUT2D eigenvalue weighted by molar-refractivity contribution is 0.162. The molecule has 1 aliphatic heterocycles. The Morgan fingerprint density at radius 3 is 2.86 bits per heavy atom. The van der Waals surface area contributed by atoms with Crippen LogP contribution in [-0.4, -0.2) is 56.0 Å². The lowest BCUT2D eigenvalue weighted by Crippen LogP contribution is -2.34. The molecule has 10 heteroatoms. The van der Waals surface area contributed by atoms with E-state index in [1.54, 1.807) is 24.9 Å². The Bertz CT molecular complexity index is 1580. The Labute approximate surface area is 212 Å². The number of furan rings is 1. The molecule has 0 aromatic carbocycles. The number of aliphatic imine (C=N–C) groups is 1. The number of rotatable bonds is 7. The number of piperidine rings is 1. The van der Waals surface area contributed by atoms with Crippen LogP contribution in [0.2, 0.25) is 0 Å². The van der Waals surface area contributed by atoms with Gasteiger partial charge in [0.1, 0.15) is 23.1 Å². The minimum absolute atomic E-state index is 0.194. The molecule has 0 saturated carbocycles. The van der Waals surface area contributed by atoms with Gasteiger partial charge < -0.3 is 19.5 Å². The summed E-state index contributed by atoms with van der Waals surface area (Å²) in [6.45, 7) is 7.59. The first kappa shape index (κ1) is 22.9. The SMILES string of the molecule is C=Nc1[nH]c(-c2n[nH]c3ccc(-c4cncc(OC5CCNCC5)c4)nc23)nc1/C(=C\C)c1ccoc1. The highest BCUT2D eigenvalue weighted by molar-refractivity contribution is 5.91. The fourth-order valence-electron chi connectivity index (χ4n) is 4.59. The van der Waals surface area contributed by atoms with Gasteiger partial charge in [-0.05, 0) is 63.8 Å². The number of allylic oxidation sites excluding steroid dienone is 1. The summed E-state index contributed by atoms with van der Waals surface area (Å²) >= 11 is 0. The molecule has 186 valence electrons. The van der Waals surface area contributed by atoms with Gasteiger partial charge in [-0.1, -0.05) is 6.08 Å². The van der Waals surface area contributed by atoms with Crippen LogP contribution in [0.1, 0.15) is 31.0 Å². The van der Waals surface area contributed by atoms with Crippen LogP contribution in [0, 0.1) is 0 Å². The van der Waals surface area contributed by atoms with Crippen LogP contribution in [0.25, 0.3) is 39.4 Å². The molecule has 0 bridgehead atoms. The molecule has 3 N–H and O–H groups in total. The Morgan fingerprint density at radius 2 is 2.08 bits per heavy atom. The van der Waals surface area contributed by atoms with Crippen molar-refractivity contribution < 1.29 is 9.15 Å². The number of nitrogens with one attached hydrogen (secondary N) is 3. The van der Waals surface area contributed by atoms with Crippen LogP contribution in [0.4, 0.5) is 5.82 Å². The normalized spacial score (nSPS) is 14.8. The Kier molecular flexibility index (Phi) is 6.07. The second kappa shape index (κ2) is 9.82. The number of nitrogens with zero attached hydrogens (tertiary/aromatic N) is 5. The predicted molar refractivity (Wildman–Crippen MR) is 142 cm³/mol. The highest BCUT2D eigenvalue weighted by Crippen LogP contribution is 2.34. The third kappa shape index (κ3) is 4.43. The summed E-state index contributed by atoms with van der Waals surface area (Å²) in [5.74, 6) is 1.83. The van der Waals surface area contributed by atoms with Crippen molar-refractivity contribution in [3.8, 4) is 28.5 Å². The van der Waals surface area contributed by atoms with E-state index in [9.17, 15) is 0 Å². The first-order valence-electron chi connectivity index (χ1n) is 12.2. The summed E-state index contributed by atoms with van der Waals surface area (Å²) in [4.78, 5) is 21.5. The van der Waals surface area contributed by atoms with E-state index in [0.29, 0.717) is 28.5 Å². The highest BCUT2D eigenvalue weighted by Gasteiger charge is 2.21. The van der Waals surface area contributed by atoms with Gasteiger partial charge in [0.25, 0.3) is 0 Å². The highest BCUT2D eigenvalue weighted by atomic mass is 16.5. The van der Waals surface area contributed by atoms with E-state index in [1.807, 2.05) is 37.3 Å². The number of hydrogen-bond acceptors (Lipinski definition) is 8. The number of fused-ring (bicyclic) bond motifs is 1. The largest absolute Gasteiger partial charge is 0.489 e. The summed E-state index contributed by atoms with van der Waals surface area (Å²) < 4.78 is 11.4. The average molecular weight is 495 g/mol. The van der Waals surface area contributed by atoms with Gasteiger partial charge in [-0.25, -0.2) is 15.0 Å². The molecule has 6 rings (SSSR count). The van der Waals surface area contributed by atoms with Gasteiger partial charge in [-0.2, -0.15) is 5.10 Å². The molecule has 0 unspecified atom stereocenters. The summed E-state index contributed by atoms with van der Waals surface area (Å²) in [5.41, 5.74) is 6.13. The lowest BCUT2D eigenvalue weighted by atomic mass is 10.1. The fraction of sp³-hybridized carbons (Fsp3) is 0.222. The predicted octanol–water partition coefficient (Wildman–Crippen LogP) is 4.92. The quantitative estimate of drug-likeness (QED) is 0.274. The number of hydrogen-bond donors (Lipinski definition) is 3. The molecular weight excluding hydrogens is 468 g/mol. The number of pyridine rings is 2. The maximum Gasteiger partial charge on any atom is 0.162 e. The maximum absolute atomic E-state index is 6.18. The average Bonchev–Trinajstić information content (AvgIpc) is 3.70. The van der Waals surface area contributed by atoms with E-state index < -0.39 is 0 Å². The van der Waals surface area contributed by atoms with E-state index in [2.05, 4.69) is 37.2 Å². The van der Waals surface area contributed by atoms with Crippen molar-refractivity contribution in [1.82, 2.24) is 35.5 Å². The fourth-order valence-corrected chi connectivity index (χ4v) is 4.59. The Hall–Kier alpha value is -4.57. The van der Waals surface area contributed by atoms with Crippen LogP contribution in [-0.2, 0) is 0 Å². The summed E-state index contributed by atoms with van der Waals surface area (Å²) in [7, 11) is 0. The van der Waals surface area contributed by atoms with Crippen LogP contribution >= 0.6 is 0 Å². The first-order chi connectivity index (χ1) is 18.2. The smallest absolute Gasteiger partial charge is 0.162 e. The van der Waals surface area contributed by atoms with E-state index in [4.69, 9.17) is 19.1 Å². The maximum atomic E-state index is 6.18. The molecule has 0 aliphatic carbocycles. The van der Waals surface area contributed by atoms with Crippen molar-refractivity contribution in [2.45, 2.75) is 25.9 Å². The number of ether oxygens (including phenoxy) is 1. The minimum atomic E-state index is 0.194. The lowest BCUT2D eigenvalue weighted by Gasteiger charge is -2.23. The Balaban J connectivity index is 1.36. The van der Waals surface area contributed by atoms with Gasteiger partial charge >= 0.3 is 0 Å². The third-order valence-corrected chi connectivity index (χ3v) is 6.45. The summed E-state index contributed by atoms with van der Waals surface area (Å²) in [5, 5.41) is 10.9. The van der Waals surface area contributed by atoms with Crippen molar-refractivity contribution in [3.05, 3.63) is 66.5 Å². The van der Waals surface area contributed by atoms with Crippen molar-refractivity contribution in [1.29, 1.82) is 0 Å². The van der Waals surface area contributed by atoms with Crippen LogP contribution in [0.3, 0.4) is 0 Å². The summed E-state index contributed by atoms with van der Waals surface area (Å²) in [6.07, 6.45) is 11.0. The zero-order valence-corrected chi connectivity index (χ0v) is 20.4. The Morgan fingerprint density at radius 1 is 1.19 bits per heavy atom.